The predicted molar refractivity (Wildman–Crippen MR) is 102 cm³/mol. The van der Waals surface area contributed by atoms with E-state index in [4.69, 9.17) is 21.1 Å². The van der Waals surface area contributed by atoms with Gasteiger partial charge in [-0.15, -0.1) is 0 Å². The number of hydrogen-bond acceptors (Lipinski definition) is 6. The largest absolute Gasteiger partial charge is 0.550 e. The van der Waals surface area contributed by atoms with E-state index >= 15 is 0 Å². The van der Waals surface area contributed by atoms with Gasteiger partial charge in [0.15, 0.2) is 11.5 Å². The number of hydrogen-bond donors (Lipinski definition) is 2. The average Bonchev–Trinajstić information content (AvgIpc) is 3.15. The van der Waals surface area contributed by atoms with Crippen molar-refractivity contribution in [1.29, 1.82) is 0 Å². The standard InChI is InChI=1S/C20H17ClN2O6/c21-14-4-2-1-3-13(14)19(26)23-15(20(27)22-8-7-18(24)25)9-12-5-6-16-17(10-12)29-11-28-16/h1-6,9-10H,7-8,11H2,(H,22,27)(H,23,26)(H,24,25)/p-1/b15-9-. The lowest BCUT2D eigenvalue weighted by molar-refractivity contribution is -0.305. The van der Waals surface area contributed by atoms with Gasteiger partial charge in [0, 0.05) is 18.9 Å². The van der Waals surface area contributed by atoms with Gasteiger partial charge in [-0.25, -0.2) is 0 Å². The monoisotopic (exact) mass is 415 g/mol. The van der Waals surface area contributed by atoms with Gasteiger partial charge in [0.25, 0.3) is 11.8 Å². The Balaban J connectivity index is 1.84. The Morgan fingerprint density at radius 3 is 2.62 bits per heavy atom. The van der Waals surface area contributed by atoms with E-state index in [2.05, 4.69) is 10.6 Å². The average molecular weight is 416 g/mol. The fourth-order valence-corrected chi connectivity index (χ4v) is 2.76. The summed E-state index contributed by atoms with van der Waals surface area (Å²) < 4.78 is 10.6. The van der Waals surface area contributed by atoms with Crippen molar-refractivity contribution in [1.82, 2.24) is 10.6 Å². The quantitative estimate of drug-likeness (QED) is 0.654. The molecule has 2 aromatic rings. The first-order valence-corrected chi connectivity index (χ1v) is 8.97. The highest BCUT2D eigenvalue weighted by molar-refractivity contribution is 6.34. The minimum atomic E-state index is -1.30. The molecule has 8 nitrogen and oxygen atoms in total. The van der Waals surface area contributed by atoms with E-state index in [-0.39, 0.29) is 36.0 Å². The molecule has 2 N–H and O–H groups in total. The van der Waals surface area contributed by atoms with E-state index in [1.165, 1.54) is 12.1 Å². The van der Waals surface area contributed by atoms with Crippen LogP contribution in [0.4, 0.5) is 0 Å². The third-order valence-electron chi connectivity index (χ3n) is 3.93. The predicted octanol–water partition coefficient (Wildman–Crippen LogP) is 1.10. The van der Waals surface area contributed by atoms with Gasteiger partial charge in [-0.2, -0.15) is 0 Å². The zero-order valence-electron chi connectivity index (χ0n) is 15.1. The minimum absolute atomic E-state index is 0.0906. The summed E-state index contributed by atoms with van der Waals surface area (Å²) in [7, 11) is 0. The van der Waals surface area contributed by atoms with E-state index in [0.717, 1.165) is 0 Å². The zero-order chi connectivity index (χ0) is 20.8. The Bertz CT molecular complexity index is 989. The van der Waals surface area contributed by atoms with E-state index in [1.807, 2.05) is 0 Å². The molecule has 0 fully saturated rings. The lowest BCUT2D eigenvalue weighted by atomic mass is 10.1. The first-order chi connectivity index (χ1) is 13.9. The first kappa shape index (κ1) is 20.2. The van der Waals surface area contributed by atoms with Crippen molar-refractivity contribution in [3.05, 3.63) is 64.3 Å². The first-order valence-electron chi connectivity index (χ1n) is 8.59. The van der Waals surface area contributed by atoms with Gasteiger partial charge in [-0.1, -0.05) is 29.8 Å². The molecular weight excluding hydrogens is 400 g/mol. The molecule has 0 spiro atoms. The summed E-state index contributed by atoms with van der Waals surface area (Å²) in [6, 6.07) is 11.4. The van der Waals surface area contributed by atoms with Crippen LogP contribution in [0.15, 0.2) is 48.2 Å². The van der Waals surface area contributed by atoms with Crippen molar-refractivity contribution >= 4 is 35.5 Å². The number of benzene rings is 2. The molecule has 1 aliphatic rings. The maximum Gasteiger partial charge on any atom is 0.267 e. The molecular formula is C20H16ClN2O6-. The number of carbonyl (C=O) groups is 3. The van der Waals surface area contributed by atoms with Crippen LogP contribution in [0, 0.1) is 0 Å². The van der Waals surface area contributed by atoms with E-state index < -0.39 is 17.8 Å². The SMILES string of the molecule is O=C([O-])CCNC(=O)/C(=C/c1ccc2c(c1)OCO2)NC(=O)c1ccccc1Cl. The Labute approximate surface area is 171 Å². The van der Waals surface area contributed by atoms with Crippen LogP contribution in [0.25, 0.3) is 6.08 Å². The third-order valence-corrected chi connectivity index (χ3v) is 4.26. The fraction of sp³-hybridized carbons (Fsp3) is 0.150. The summed E-state index contributed by atoms with van der Waals surface area (Å²) in [5, 5.41) is 15.7. The number of aliphatic carboxylic acids is 1. The molecule has 0 bridgehead atoms. The molecule has 2 amide bonds. The summed E-state index contributed by atoms with van der Waals surface area (Å²) in [5.74, 6) is -1.47. The molecule has 0 aliphatic carbocycles. The van der Waals surface area contributed by atoms with Gasteiger partial charge in [0.1, 0.15) is 5.70 Å². The molecule has 0 saturated carbocycles. The highest BCUT2D eigenvalue weighted by Gasteiger charge is 2.18. The summed E-state index contributed by atoms with van der Waals surface area (Å²) >= 11 is 6.04. The molecule has 1 aliphatic heterocycles. The van der Waals surface area contributed by atoms with E-state index in [1.54, 1.807) is 36.4 Å². The van der Waals surface area contributed by atoms with Gasteiger partial charge in [-0.3, -0.25) is 9.59 Å². The van der Waals surface area contributed by atoms with Crippen LogP contribution in [0.5, 0.6) is 11.5 Å². The molecule has 29 heavy (non-hydrogen) atoms. The van der Waals surface area contributed by atoms with Crippen LogP contribution >= 0.6 is 11.6 Å². The Kier molecular flexibility index (Phi) is 6.36. The molecule has 150 valence electrons. The summed E-state index contributed by atoms with van der Waals surface area (Å²) in [4.78, 5) is 35.7. The van der Waals surface area contributed by atoms with Gasteiger partial charge >= 0.3 is 0 Å². The number of carboxylic acid groups (broad SMARTS) is 1. The van der Waals surface area contributed by atoms with Crippen LogP contribution in [0.2, 0.25) is 5.02 Å². The molecule has 0 atom stereocenters. The smallest absolute Gasteiger partial charge is 0.267 e. The molecule has 9 heteroatoms. The van der Waals surface area contributed by atoms with E-state index in [9.17, 15) is 19.5 Å². The summed E-state index contributed by atoms with van der Waals surface area (Å²) in [5.41, 5.74) is 0.666. The number of fused-ring (bicyclic) bond motifs is 1. The lowest BCUT2D eigenvalue weighted by Gasteiger charge is -2.12. The number of halogens is 1. The number of carbonyl (C=O) groups excluding carboxylic acids is 3. The fourth-order valence-electron chi connectivity index (χ4n) is 2.54. The minimum Gasteiger partial charge on any atom is -0.550 e. The highest BCUT2D eigenvalue weighted by Crippen LogP contribution is 2.33. The molecule has 0 saturated heterocycles. The molecule has 3 rings (SSSR count). The van der Waals surface area contributed by atoms with Gasteiger partial charge in [0.2, 0.25) is 6.79 Å². The van der Waals surface area contributed by atoms with Crippen molar-refractivity contribution < 1.29 is 29.0 Å². The molecule has 2 aromatic carbocycles. The van der Waals surface area contributed by atoms with Crippen LogP contribution in [-0.4, -0.2) is 31.1 Å². The van der Waals surface area contributed by atoms with Crippen LogP contribution < -0.4 is 25.2 Å². The number of carboxylic acids is 1. The Hall–Kier alpha value is -3.52. The number of nitrogens with one attached hydrogen (secondary N) is 2. The van der Waals surface area contributed by atoms with Gasteiger partial charge in [0.05, 0.1) is 10.6 Å². The summed E-state index contributed by atoms with van der Waals surface area (Å²) in [6.07, 6.45) is 1.08. The molecule has 0 aromatic heterocycles. The van der Waals surface area contributed by atoms with Crippen molar-refractivity contribution in [3.8, 4) is 11.5 Å². The summed E-state index contributed by atoms with van der Waals surface area (Å²) in [6.45, 7) is -0.0517. The molecule has 0 unspecified atom stereocenters. The van der Waals surface area contributed by atoms with Gasteiger partial charge in [-0.05, 0) is 35.9 Å². The maximum atomic E-state index is 12.6. The lowest BCUT2D eigenvalue weighted by Crippen LogP contribution is -2.37. The molecule has 0 radical (unpaired) electrons. The normalized spacial score (nSPS) is 12.4. The number of rotatable bonds is 7. The second kappa shape index (κ2) is 9.11. The van der Waals surface area contributed by atoms with Crippen LogP contribution in [0.3, 0.4) is 0 Å². The third kappa shape index (κ3) is 5.26. The topological polar surface area (TPSA) is 117 Å². The Morgan fingerprint density at radius 2 is 1.86 bits per heavy atom. The van der Waals surface area contributed by atoms with Crippen LogP contribution in [-0.2, 0) is 9.59 Å². The van der Waals surface area contributed by atoms with Crippen molar-refractivity contribution in [2.24, 2.45) is 0 Å². The van der Waals surface area contributed by atoms with E-state index in [0.29, 0.717) is 17.1 Å². The molecule has 1 heterocycles. The van der Waals surface area contributed by atoms with Crippen molar-refractivity contribution in [3.63, 3.8) is 0 Å². The van der Waals surface area contributed by atoms with Gasteiger partial charge < -0.3 is 30.0 Å². The number of amides is 2. The van der Waals surface area contributed by atoms with Crippen molar-refractivity contribution in [2.75, 3.05) is 13.3 Å². The zero-order valence-corrected chi connectivity index (χ0v) is 15.8. The van der Waals surface area contributed by atoms with Crippen molar-refractivity contribution in [2.45, 2.75) is 6.42 Å². The maximum absolute atomic E-state index is 12.6. The Morgan fingerprint density at radius 1 is 1.10 bits per heavy atom. The second-order valence-electron chi connectivity index (χ2n) is 5.98. The van der Waals surface area contributed by atoms with Crippen LogP contribution in [0.1, 0.15) is 22.3 Å². The highest BCUT2D eigenvalue weighted by atomic mass is 35.5. The second-order valence-corrected chi connectivity index (χ2v) is 6.39. The number of ether oxygens (including phenoxy) is 2.